The Labute approximate surface area is 196 Å². The Hall–Kier alpha value is -1.46. The van der Waals surface area contributed by atoms with Gasteiger partial charge in [-0.1, -0.05) is 6.07 Å². The van der Waals surface area contributed by atoms with Crippen LogP contribution in [0.1, 0.15) is 39.4 Å². The van der Waals surface area contributed by atoms with E-state index in [1.807, 2.05) is 28.8 Å². The van der Waals surface area contributed by atoms with E-state index < -0.39 is 0 Å². The van der Waals surface area contributed by atoms with Crippen molar-refractivity contribution in [3.05, 3.63) is 30.2 Å². The zero-order valence-corrected chi connectivity index (χ0v) is 20.7. The fourth-order valence-corrected chi connectivity index (χ4v) is 3.56. The maximum absolute atomic E-state index is 5.67. The number of hydrogen-bond donors (Lipinski definition) is 2. The Balaban J connectivity index is 0.00000320. The van der Waals surface area contributed by atoms with E-state index in [2.05, 4.69) is 46.5 Å². The van der Waals surface area contributed by atoms with Gasteiger partial charge >= 0.3 is 0 Å². The van der Waals surface area contributed by atoms with E-state index in [0.29, 0.717) is 18.7 Å². The molecule has 1 aliphatic rings. The quantitative estimate of drug-likeness (QED) is 0.295. The van der Waals surface area contributed by atoms with Crippen LogP contribution in [0.5, 0.6) is 0 Å². The van der Waals surface area contributed by atoms with E-state index in [9.17, 15) is 0 Å². The second-order valence-corrected chi connectivity index (χ2v) is 7.74. The van der Waals surface area contributed by atoms with Crippen molar-refractivity contribution in [3.63, 3.8) is 0 Å². The summed E-state index contributed by atoms with van der Waals surface area (Å²) in [4.78, 5) is 7.24. The van der Waals surface area contributed by atoms with Crippen LogP contribution < -0.4 is 10.6 Å². The van der Waals surface area contributed by atoms with E-state index in [1.165, 1.54) is 0 Å². The third-order valence-electron chi connectivity index (χ3n) is 5.12. The van der Waals surface area contributed by atoms with Crippen LogP contribution in [-0.4, -0.2) is 76.9 Å². The molecule has 8 nitrogen and oxygen atoms in total. The molecule has 3 rings (SSSR count). The number of piperidine rings is 1. The summed E-state index contributed by atoms with van der Waals surface area (Å²) in [5.74, 6) is 1.83. The molecule has 2 aromatic rings. The molecular formula is C21H36IN7O. The van der Waals surface area contributed by atoms with Crippen molar-refractivity contribution in [3.8, 4) is 0 Å². The van der Waals surface area contributed by atoms with Gasteiger partial charge in [-0.05, 0) is 45.7 Å². The summed E-state index contributed by atoms with van der Waals surface area (Å²) >= 11 is 0. The zero-order chi connectivity index (χ0) is 20.5. The summed E-state index contributed by atoms with van der Waals surface area (Å²) in [6.45, 7) is 11.8. The number of fused-ring (bicyclic) bond motifs is 1. The number of pyridine rings is 1. The molecule has 1 saturated heterocycles. The van der Waals surface area contributed by atoms with Crippen LogP contribution in [0.3, 0.4) is 0 Å². The molecule has 1 aliphatic heterocycles. The Bertz CT molecular complexity index is 772. The zero-order valence-electron chi connectivity index (χ0n) is 18.4. The van der Waals surface area contributed by atoms with Crippen LogP contribution in [-0.2, 0) is 11.2 Å². The van der Waals surface area contributed by atoms with Gasteiger partial charge in [-0.3, -0.25) is 9.39 Å². The number of aromatic nitrogens is 3. The molecule has 30 heavy (non-hydrogen) atoms. The van der Waals surface area contributed by atoms with Crippen LogP contribution in [0.15, 0.2) is 29.4 Å². The molecule has 3 heterocycles. The molecule has 0 saturated carbocycles. The number of likely N-dealkylation sites (tertiary alicyclic amines) is 1. The molecule has 2 N–H and O–H groups in total. The highest BCUT2D eigenvalue weighted by Crippen LogP contribution is 2.10. The minimum Gasteiger partial charge on any atom is -0.377 e. The predicted octanol–water partition coefficient (Wildman–Crippen LogP) is 2.33. The van der Waals surface area contributed by atoms with Gasteiger partial charge in [-0.15, -0.1) is 34.2 Å². The highest BCUT2D eigenvalue weighted by atomic mass is 127. The molecule has 0 spiro atoms. The molecule has 2 aromatic heterocycles. The Kier molecular flexibility index (Phi) is 10.8. The van der Waals surface area contributed by atoms with Crippen LogP contribution in [0.2, 0.25) is 0 Å². The second kappa shape index (κ2) is 13.1. The first-order chi connectivity index (χ1) is 14.2. The number of hydrogen-bond acceptors (Lipinski definition) is 5. The molecule has 9 heteroatoms. The standard InChI is InChI=1S/C21H35N7O.HI/c1-4-22-21(23-11-8-20-26-25-19-7-5-6-12-28(19)20)24-18-9-13-27(14-10-18)15-16-29-17(2)3;/h5-7,12,17-18H,4,8-11,13-16H2,1-3H3,(H2,22,23,24);1H. The van der Waals surface area contributed by atoms with Gasteiger partial charge in [-0.25, -0.2) is 0 Å². The lowest BCUT2D eigenvalue weighted by Gasteiger charge is -2.33. The Morgan fingerprint density at radius 3 is 2.80 bits per heavy atom. The Morgan fingerprint density at radius 1 is 1.27 bits per heavy atom. The molecule has 0 bridgehead atoms. The van der Waals surface area contributed by atoms with E-state index in [0.717, 1.165) is 69.5 Å². The maximum atomic E-state index is 5.67. The highest BCUT2D eigenvalue weighted by Gasteiger charge is 2.19. The number of ether oxygens (including phenoxy) is 1. The fourth-order valence-electron chi connectivity index (χ4n) is 3.56. The lowest BCUT2D eigenvalue weighted by Crippen LogP contribution is -2.49. The van der Waals surface area contributed by atoms with Crippen molar-refractivity contribution in [1.29, 1.82) is 0 Å². The molecule has 0 unspecified atom stereocenters. The van der Waals surface area contributed by atoms with Crippen LogP contribution in [0.25, 0.3) is 5.65 Å². The first kappa shape index (κ1) is 24.8. The average molecular weight is 529 g/mol. The van der Waals surface area contributed by atoms with Gasteiger partial charge in [0.05, 0.1) is 12.7 Å². The van der Waals surface area contributed by atoms with Crippen molar-refractivity contribution in [2.45, 2.75) is 52.2 Å². The van der Waals surface area contributed by atoms with Crippen LogP contribution in [0, 0.1) is 0 Å². The average Bonchev–Trinajstić information content (AvgIpc) is 3.12. The normalized spacial score (nSPS) is 16.1. The summed E-state index contributed by atoms with van der Waals surface area (Å²) in [5.41, 5.74) is 0.877. The van der Waals surface area contributed by atoms with E-state index in [4.69, 9.17) is 9.73 Å². The van der Waals surface area contributed by atoms with Crippen LogP contribution >= 0.6 is 24.0 Å². The molecular weight excluding hydrogens is 493 g/mol. The number of halogens is 1. The number of nitrogens with one attached hydrogen (secondary N) is 2. The molecule has 0 radical (unpaired) electrons. The summed E-state index contributed by atoms with van der Waals surface area (Å²) in [6.07, 6.45) is 5.32. The molecule has 168 valence electrons. The summed E-state index contributed by atoms with van der Waals surface area (Å²) in [7, 11) is 0. The van der Waals surface area contributed by atoms with Crippen molar-refractivity contribution < 1.29 is 4.74 Å². The molecule has 0 amide bonds. The first-order valence-corrected chi connectivity index (χ1v) is 10.8. The van der Waals surface area contributed by atoms with Gasteiger partial charge in [0.25, 0.3) is 0 Å². The topological polar surface area (TPSA) is 79.1 Å². The third kappa shape index (κ3) is 7.66. The largest absolute Gasteiger partial charge is 0.377 e. The van der Waals surface area contributed by atoms with Crippen molar-refractivity contribution >= 4 is 35.6 Å². The van der Waals surface area contributed by atoms with E-state index in [-0.39, 0.29) is 24.0 Å². The van der Waals surface area contributed by atoms with Gasteiger partial charge in [-0.2, -0.15) is 0 Å². The smallest absolute Gasteiger partial charge is 0.191 e. The fraction of sp³-hybridized carbons (Fsp3) is 0.667. The molecule has 0 atom stereocenters. The monoisotopic (exact) mass is 529 g/mol. The summed E-state index contributed by atoms with van der Waals surface area (Å²) < 4.78 is 7.69. The minimum atomic E-state index is 0. The van der Waals surface area contributed by atoms with Gasteiger partial charge in [0.1, 0.15) is 5.82 Å². The number of nitrogens with zero attached hydrogens (tertiary/aromatic N) is 5. The predicted molar refractivity (Wildman–Crippen MR) is 132 cm³/mol. The first-order valence-electron chi connectivity index (χ1n) is 10.8. The van der Waals surface area contributed by atoms with Crippen molar-refractivity contribution in [2.24, 2.45) is 4.99 Å². The lowest BCUT2D eigenvalue weighted by atomic mass is 10.1. The molecule has 1 fully saturated rings. The summed E-state index contributed by atoms with van der Waals surface area (Å²) in [6, 6.07) is 6.40. The van der Waals surface area contributed by atoms with E-state index in [1.54, 1.807) is 0 Å². The lowest BCUT2D eigenvalue weighted by molar-refractivity contribution is 0.0532. The number of rotatable bonds is 9. The SMILES string of the molecule is CCNC(=NCCc1nnc2ccccn12)NC1CCN(CCOC(C)C)CC1.I. The minimum absolute atomic E-state index is 0. The third-order valence-corrected chi connectivity index (χ3v) is 5.12. The second-order valence-electron chi connectivity index (χ2n) is 7.74. The van der Waals surface area contributed by atoms with Crippen molar-refractivity contribution in [2.75, 3.05) is 39.3 Å². The van der Waals surface area contributed by atoms with Gasteiger partial charge in [0, 0.05) is 51.4 Å². The van der Waals surface area contributed by atoms with Crippen LogP contribution in [0.4, 0.5) is 0 Å². The molecule has 0 aliphatic carbocycles. The molecule has 0 aromatic carbocycles. The van der Waals surface area contributed by atoms with E-state index >= 15 is 0 Å². The van der Waals surface area contributed by atoms with Gasteiger partial charge in [0.15, 0.2) is 11.6 Å². The Morgan fingerprint density at radius 2 is 2.07 bits per heavy atom. The number of guanidine groups is 1. The van der Waals surface area contributed by atoms with Gasteiger partial charge < -0.3 is 20.3 Å². The maximum Gasteiger partial charge on any atom is 0.191 e. The van der Waals surface area contributed by atoms with Crippen molar-refractivity contribution in [1.82, 2.24) is 30.1 Å². The van der Waals surface area contributed by atoms with Gasteiger partial charge in [0.2, 0.25) is 0 Å². The number of aliphatic imine (C=N–C) groups is 1. The highest BCUT2D eigenvalue weighted by molar-refractivity contribution is 14.0. The summed E-state index contributed by atoms with van der Waals surface area (Å²) in [5, 5.41) is 15.5.